The number of carboxylic acids is 1. The van der Waals surface area contributed by atoms with E-state index in [0.29, 0.717) is 13.1 Å². The number of carboxylic acid groups (broad SMARTS) is 1. The molecule has 1 rings (SSSR count). The molecule has 0 unspecified atom stereocenters. The molecule has 0 spiro atoms. The van der Waals surface area contributed by atoms with Crippen molar-refractivity contribution in [3.63, 3.8) is 0 Å². The summed E-state index contributed by atoms with van der Waals surface area (Å²) in [6.07, 6.45) is -1.58. The van der Waals surface area contributed by atoms with Crippen molar-refractivity contribution >= 4 is 17.9 Å². The molecule has 1 aliphatic heterocycles. The number of hydrogen-bond donors (Lipinski definition) is 4. The van der Waals surface area contributed by atoms with Gasteiger partial charge in [0, 0.05) is 26.1 Å². The third-order valence-corrected chi connectivity index (χ3v) is 3.08. The molecule has 1 aliphatic rings. The van der Waals surface area contributed by atoms with Gasteiger partial charge in [0.25, 0.3) is 0 Å². The highest BCUT2D eigenvalue weighted by Gasteiger charge is 2.40. The summed E-state index contributed by atoms with van der Waals surface area (Å²) >= 11 is 0. The molecular weight excluding hydrogens is 254 g/mol. The van der Waals surface area contributed by atoms with E-state index in [4.69, 9.17) is 10.2 Å². The van der Waals surface area contributed by atoms with Crippen molar-refractivity contribution in [2.75, 3.05) is 19.6 Å². The molecule has 1 fully saturated rings. The normalized spacial score (nSPS) is 19.5. The van der Waals surface area contributed by atoms with E-state index in [9.17, 15) is 14.4 Å². The van der Waals surface area contributed by atoms with E-state index in [1.807, 2.05) is 0 Å². The Kier molecular flexibility index (Phi) is 4.71. The van der Waals surface area contributed by atoms with Crippen molar-refractivity contribution in [3.8, 4) is 0 Å². The number of aliphatic carboxylic acids is 1. The summed E-state index contributed by atoms with van der Waals surface area (Å²) in [5.41, 5.74) is -0.951. The smallest absolute Gasteiger partial charge is 0.332 e. The van der Waals surface area contributed by atoms with Crippen molar-refractivity contribution in [3.05, 3.63) is 0 Å². The number of rotatable bonds is 4. The Balaban J connectivity index is 2.49. The lowest BCUT2D eigenvalue weighted by atomic mass is 9.99. The van der Waals surface area contributed by atoms with E-state index in [2.05, 4.69) is 10.6 Å². The standard InChI is InChI=1S/C11H19N3O5/c1-11(2)9(18)12-5-6-14(11)10(19)13-4-3-7(15)8(16)17/h7,15H,3-6H2,1-2H3,(H,12,18)(H,13,19)(H,16,17)/t7-/m0/s1. The first-order valence-electron chi connectivity index (χ1n) is 6.01. The van der Waals surface area contributed by atoms with Crippen LogP contribution in [0.1, 0.15) is 20.3 Å². The van der Waals surface area contributed by atoms with E-state index in [1.165, 1.54) is 4.90 Å². The van der Waals surface area contributed by atoms with Gasteiger partial charge < -0.3 is 25.7 Å². The van der Waals surface area contributed by atoms with Crippen LogP contribution >= 0.6 is 0 Å². The minimum Gasteiger partial charge on any atom is -0.479 e. The van der Waals surface area contributed by atoms with Crippen LogP contribution in [-0.4, -0.2) is 64.3 Å². The summed E-state index contributed by atoms with van der Waals surface area (Å²) in [5, 5.41) is 22.7. The molecule has 0 aromatic heterocycles. The predicted molar refractivity (Wildman–Crippen MR) is 65.5 cm³/mol. The fourth-order valence-corrected chi connectivity index (χ4v) is 1.79. The Bertz CT molecular complexity index is 383. The third-order valence-electron chi connectivity index (χ3n) is 3.08. The predicted octanol–water partition coefficient (Wildman–Crippen LogP) is -1.26. The number of hydrogen-bond acceptors (Lipinski definition) is 4. The van der Waals surface area contributed by atoms with Crippen molar-refractivity contribution < 1.29 is 24.6 Å². The van der Waals surface area contributed by atoms with Gasteiger partial charge >= 0.3 is 12.0 Å². The molecule has 1 saturated heterocycles. The second kappa shape index (κ2) is 5.87. The first kappa shape index (κ1) is 15.2. The van der Waals surface area contributed by atoms with Gasteiger partial charge in [0.1, 0.15) is 5.54 Å². The molecule has 0 aromatic rings. The molecule has 3 amide bonds. The number of nitrogens with zero attached hydrogens (tertiary/aromatic N) is 1. The lowest BCUT2D eigenvalue weighted by Gasteiger charge is -2.40. The maximum Gasteiger partial charge on any atom is 0.332 e. The van der Waals surface area contributed by atoms with Gasteiger partial charge in [-0.05, 0) is 13.8 Å². The van der Waals surface area contributed by atoms with Crippen LogP contribution < -0.4 is 10.6 Å². The summed E-state index contributed by atoms with van der Waals surface area (Å²) < 4.78 is 0. The number of urea groups is 1. The maximum atomic E-state index is 11.9. The number of carbonyl (C=O) groups is 3. The van der Waals surface area contributed by atoms with Crippen molar-refractivity contribution in [2.45, 2.75) is 31.9 Å². The van der Waals surface area contributed by atoms with Gasteiger partial charge in [-0.2, -0.15) is 0 Å². The van der Waals surface area contributed by atoms with Crippen molar-refractivity contribution in [2.24, 2.45) is 0 Å². The number of amides is 3. The quantitative estimate of drug-likeness (QED) is 0.510. The minimum absolute atomic E-state index is 0.0283. The fourth-order valence-electron chi connectivity index (χ4n) is 1.79. The lowest BCUT2D eigenvalue weighted by molar-refractivity contribution is -0.146. The number of piperazine rings is 1. The molecule has 0 bridgehead atoms. The molecule has 0 aliphatic carbocycles. The number of nitrogens with one attached hydrogen (secondary N) is 2. The fraction of sp³-hybridized carbons (Fsp3) is 0.727. The first-order valence-corrected chi connectivity index (χ1v) is 6.01. The molecule has 8 nitrogen and oxygen atoms in total. The van der Waals surface area contributed by atoms with Gasteiger partial charge in [-0.25, -0.2) is 9.59 Å². The summed E-state index contributed by atoms with van der Waals surface area (Å²) in [6, 6.07) is -0.447. The van der Waals surface area contributed by atoms with Crippen molar-refractivity contribution in [1.82, 2.24) is 15.5 Å². The van der Waals surface area contributed by atoms with Crippen LogP contribution in [0.2, 0.25) is 0 Å². The Hall–Kier alpha value is -1.83. The minimum atomic E-state index is -1.50. The van der Waals surface area contributed by atoms with Crippen LogP contribution in [-0.2, 0) is 9.59 Å². The van der Waals surface area contributed by atoms with Crippen molar-refractivity contribution in [1.29, 1.82) is 0 Å². The molecule has 0 radical (unpaired) electrons. The van der Waals surface area contributed by atoms with Crippen LogP contribution in [0.5, 0.6) is 0 Å². The average Bonchev–Trinajstić information content (AvgIpc) is 2.32. The molecule has 108 valence electrons. The van der Waals surface area contributed by atoms with E-state index in [-0.39, 0.29) is 18.9 Å². The van der Waals surface area contributed by atoms with Gasteiger partial charge in [-0.3, -0.25) is 4.79 Å². The lowest BCUT2D eigenvalue weighted by Crippen LogP contribution is -2.65. The SMILES string of the molecule is CC1(C)C(=O)NCCN1C(=O)NCC[C@H](O)C(=O)O. The molecule has 8 heteroatoms. The Morgan fingerprint density at radius 3 is 2.74 bits per heavy atom. The number of aliphatic hydroxyl groups excluding tert-OH is 1. The monoisotopic (exact) mass is 273 g/mol. The van der Waals surface area contributed by atoms with Gasteiger partial charge in [0.05, 0.1) is 0 Å². The highest BCUT2D eigenvalue weighted by molar-refractivity contribution is 5.91. The van der Waals surface area contributed by atoms with Crippen LogP contribution in [0, 0.1) is 0 Å². The Morgan fingerprint density at radius 1 is 1.53 bits per heavy atom. The van der Waals surface area contributed by atoms with Crippen LogP contribution in [0.15, 0.2) is 0 Å². The van der Waals surface area contributed by atoms with Gasteiger partial charge in [-0.15, -0.1) is 0 Å². The average molecular weight is 273 g/mol. The highest BCUT2D eigenvalue weighted by Crippen LogP contribution is 2.17. The van der Waals surface area contributed by atoms with Crippen LogP contribution in [0.4, 0.5) is 4.79 Å². The molecule has 4 N–H and O–H groups in total. The Morgan fingerprint density at radius 2 is 2.16 bits per heavy atom. The van der Waals surface area contributed by atoms with E-state index < -0.39 is 23.6 Å². The van der Waals surface area contributed by atoms with E-state index >= 15 is 0 Å². The van der Waals surface area contributed by atoms with E-state index in [1.54, 1.807) is 13.8 Å². The summed E-state index contributed by atoms with van der Waals surface area (Å²) in [4.78, 5) is 35.4. The van der Waals surface area contributed by atoms with Crippen LogP contribution in [0.25, 0.3) is 0 Å². The highest BCUT2D eigenvalue weighted by atomic mass is 16.4. The van der Waals surface area contributed by atoms with Crippen LogP contribution in [0.3, 0.4) is 0 Å². The molecule has 0 saturated carbocycles. The third kappa shape index (κ3) is 3.57. The summed E-state index contributed by atoms with van der Waals surface area (Å²) in [7, 11) is 0. The second-order valence-corrected chi connectivity index (χ2v) is 4.84. The topological polar surface area (TPSA) is 119 Å². The first-order chi connectivity index (χ1) is 8.76. The van der Waals surface area contributed by atoms with Gasteiger partial charge in [0.15, 0.2) is 6.10 Å². The molecule has 1 heterocycles. The molecular formula is C11H19N3O5. The summed E-state index contributed by atoms with van der Waals surface area (Å²) in [5.74, 6) is -1.56. The largest absolute Gasteiger partial charge is 0.479 e. The second-order valence-electron chi connectivity index (χ2n) is 4.84. The Labute approximate surface area is 110 Å². The summed E-state index contributed by atoms with van der Waals surface area (Å²) in [6.45, 7) is 4.06. The van der Waals surface area contributed by atoms with E-state index in [0.717, 1.165) is 0 Å². The number of aliphatic hydroxyl groups is 1. The molecule has 0 aromatic carbocycles. The zero-order valence-electron chi connectivity index (χ0n) is 11.0. The maximum absolute atomic E-state index is 11.9. The molecule has 19 heavy (non-hydrogen) atoms. The zero-order chi connectivity index (χ0) is 14.6. The number of carbonyl (C=O) groups excluding carboxylic acids is 2. The van der Waals surface area contributed by atoms with Gasteiger partial charge in [-0.1, -0.05) is 0 Å². The molecule has 1 atom stereocenters. The van der Waals surface area contributed by atoms with Gasteiger partial charge in [0.2, 0.25) is 5.91 Å². The zero-order valence-corrected chi connectivity index (χ0v) is 11.0.